The number of H-pyrrole nitrogens is 2. The third kappa shape index (κ3) is 2.05. The van der Waals surface area contributed by atoms with E-state index in [0.717, 1.165) is 27.6 Å². The van der Waals surface area contributed by atoms with Gasteiger partial charge in [-0.2, -0.15) is 5.10 Å². The lowest BCUT2D eigenvalue weighted by Crippen LogP contribution is -1.96. The molecule has 0 aliphatic heterocycles. The van der Waals surface area contributed by atoms with Gasteiger partial charge in [0, 0.05) is 5.39 Å². The van der Waals surface area contributed by atoms with Crippen LogP contribution in [0.15, 0.2) is 42.5 Å². The number of hydrogen-bond donors (Lipinski definition) is 2. The maximum atomic E-state index is 11.6. The van der Waals surface area contributed by atoms with E-state index in [0.29, 0.717) is 11.4 Å². The molecule has 0 fully saturated rings. The number of carbonyl (C=O) groups is 1. The van der Waals surface area contributed by atoms with Gasteiger partial charge in [0.1, 0.15) is 5.69 Å². The van der Waals surface area contributed by atoms with E-state index in [9.17, 15) is 4.79 Å². The summed E-state index contributed by atoms with van der Waals surface area (Å²) in [5.41, 5.74) is 3.80. The van der Waals surface area contributed by atoms with Crippen molar-refractivity contribution < 1.29 is 7.86 Å². The molecule has 0 radical (unpaired) electrons. The zero-order valence-electron chi connectivity index (χ0n) is 11.1. The van der Waals surface area contributed by atoms with Crippen molar-refractivity contribution in [3.8, 4) is 11.5 Å². The number of benzene rings is 2. The molecule has 0 spiro atoms. The SMILES string of the molecule is O=C(OI)c1ccc2c(-c3nc4ccccc4[nH]3)n[nH]c2c1. The largest absolute Gasteiger partial charge is 0.391 e. The van der Waals surface area contributed by atoms with Crippen LogP contribution in [0.25, 0.3) is 33.5 Å². The molecule has 0 bridgehead atoms. The minimum absolute atomic E-state index is 0.387. The molecule has 0 aliphatic rings. The van der Waals surface area contributed by atoms with Gasteiger partial charge in [-0.25, -0.2) is 9.78 Å². The first kappa shape index (κ1) is 13.3. The molecule has 2 aromatic carbocycles. The Morgan fingerprint density at radius 2 is 2.00 bits per heavy atom. The van der Waals surface area contributed by atoms with Crippen LogP contribution in [-0.2, 0) is 3.07 Å². The van der Waals surface area contributed by atoms with Crippen molar-refractivity contribution in [2.75, 3.05) is 0 Å². The zero-order valence-corrected chi connectivity index (χ0v) is 13.3. The Bertz CT molecular complexity index is 972. The Morgan fingerprint density at radius 3 is 2.82 bits per heavy atom. The number of imidazole rings is 1. The van der Waals surface area contributed by atoms with Crippen LogP contribution in [0.5, 0.6) is 0 Å². The van der Waals surface area contributed by atoms with E-state index in [1.807, 2.05) is 30.3 Å². The minimum Gasteiger partial charge on any atom is -0.391 e. The molecule has 4 rings (SSSR count). The summed E-state index contributed by atoms with van der Waals surface area (Å²) in [5, 5.41) is 8.14. The number of fused-ring (bicyclic) bond motifs is 2. The molecular weight excluding hydrogens is 395 g/mol. The number of carbonyl (C=O) groups excluding carboxylic acids is 1. The first-order valence-corrected chi connectivity index (χ1v) is 7.40. The lowest BCUT2D eigenvalue weighted by atomic mass is 10.1. The molecule has 0 unspecified atom stereocenters. The molecule has 2 heterocycles. The van der Waals surface area contributed by atoms with E-state index in [1.54, 1.807) is 35.1 Å². The number of para-hydroxylation sites is 2. The molecule has 22 heavy (non-hydrogen) atoms. The first-order valence-electron chi connectivity index (χ1n) is 6.52. The summed E-state index contributed by atoms with van der Waals surface area (Å²) in [6, 6.07) is 13.1. The first-order chi connectivity index (χ1) is 10.8. The van der Waals surface area contributed by atoms with Gasteiger partial charge in [-0.15, -0.1) is 0 Å². The Morgan fingerprint density at radius 1 is 1.14 bits per heavy atom. The lowest BCUT2D eigenvalue weighted by Gasteiger charge is -1.97. The van der Waals surface area contributed by atoms with Crippen LogP contribution in [0.4, 0.5) is 0 Å². The van der Waals surface area contributed by atoms with Crippen LogP contribution >= 0.6 is 23.0 Å². The molecule has 0 amide bonds. The van der Waals surface area contributed by atoms with Crippen LogP contribution in [0.3, 0.4) is 0 Å². The second-order valence-corrected chi connectivity index (χ2v) is 5.24. The molecule has 108 valence electrons. The van der Waals surface area contributed by atoms with Crippen molar-refractivity contribution in [3.05, 3.63) is 48.0 Å². The number of halogens is 1. The average Bonchev–Trinajstić information content (AvgIpc) is 3.16. The van der Waals surface area contributed by atoms with Crippen LogP contribution in [0.2, 0.25) is 0 Å². The Kier molecular flexibility index (Phi) is 3.07. The van der Waals surface area contributed by atoms with E-state index in [2.05, 4.69) is 20.2 Å². The molecule has 0 aliphatic carbocycles. The second-order valence-electron chi connectivity index (χ2n) is 4.80. The second kappa shape index (κ2) is 5.09. The number of nitrogens with one attached hydrogen (secondary N) is 2. The van der Waals surface area contributed by atoms with Gasteiger partial charge in [-0.3, -0.25) is 5.10 Å². The van der Waals surface area contributed by atoms with Crippen molar-refractivity contribution >= 4 is 50.9 Å². The van der Waals surface area contributed by atoms with Gasteiger partial charge in [0.25, 0.3) is 0 Å². The third-order valence-electron chi connectivity index (χ3n) is 3.48. The summed E-state index contributed by atoms with van der Waals surface area (Å²) < 4.78 is 4.69. The fraction of sp³-hybridized carbons (Fsp3) is 0. The summed E-state index contributed by atoms with van der Waals surface area (Å²) in [5.74, 6) is 0.305. The summed E-state index contributed by atoms with van der Waals surface area (Å²) in [7, 11) is 0. The third-order valence-corrected chi connectivity index (χ3v) is 3.88. The lowest BCUT2D eigenvalue weighted by molar-refractivity contribution is 0.0800. The summed E-state index contributed by atoms with van der Waals surface area (Å²) in [4.78, 5) is 19.4. The van der Waals surface area contributed by atoms with Gasteiger partial charge in [0.05, 0.1) is 22.1 Å². The summed E-state index contributed by atoms with van der Waals surface area (Å²) in [6.45, 7) is 0. The van der Waals surface area contributed by atoms with Gasteiger partial charge in [0.2, 0.25) is 0 Å². The number of hydrogen-bond acceptors (Lipinski definition) is 4. The highest BCUT2D eigenvalue weighted by atomic mass is 127. The van der Waals surface area contributed by atoms with Crippen LogP contribution in [0.1, 0.15) is 10.4 Å². The van der Waals surface area contributed by atoms with Crippen molar-refractivity contribution in [2.45, 2.75) is 0 Å². The molecule has 4 aromatic rings. The maximum absolute atomic E-state index is 11.6. The van der Waals surface area contributed by atoms with E-state index >= 15 is 0 Å². The Labute approximate surface area is 138 Å². The van der Waals surface area contributed by atoms with Gasteiger partial charge < -0.3 is 8.05 Å². The van der Waals surface area contributed by atoms with Crippen LogP contribution < -0.4 is 0 Å². The monoisotopic (exact) mass is 404 g/mol. The summed E-state index contributed by atoms with van der Waals surface area (Å²) in [6.07, 6.45) is 0. The van der Waals surface area contributed by atoms with Crippen molar-refractivity contribution in [2.24, 2.45) is 0 Å². The molecule has 0 saturated heterocycles. The molecule has 2 N–H and O–H groups in total. The number of rotatable bonds is 2. The predicted molar refractivity (Wildman–Crippen MR) is 90.6 cm³/mol. The Balaban J connectivity index is 1.86. The van der Waals surface area contributed by atoms with Gasteiger partial charge in [-0.05, 0) is 30.3 Å². The fourth-order valence-corrected chi connectivity index (χ4v) is 2.69. The molecule has 0 saturated carbocycles. The molecular formula is C15H9IN4O2. The number of aromatic nitrogens is 4. The normalized spacial score (nSPS) is 11.1. The number of nitrogens with zero attached hydrogens (tertiary/aromatic N) is 2. The maximum Gasteiger partial charge on any atom is 0.347 e. The average molecular weight is 404 g/mol. The highest BCUT2D eigenvalue weighted by Crippen LogP contribution is 2.27. The van der Waals surface area contributed by atoms with E-state index in [4.69, 9.17) is 3.07 Å². The summed E-state index contributed by atoms with van der Waals surface area (Å²) >= 11 is 1.57. The van der Waals surface area contributed by atoms with Gasteiger partial charge in [-0.1, -0.05) is 12.1 Å². The van der Waals surface area contributed by atoms with E-state index in [-0.39, 0.29) is 5.97 Å². The molecule has 0 atom stereocenters. The minimum atomic E-state index is -0.387. The molecule has 6 nitrogen and oxygen atoms in total. The molecule has 7 heteroatoms. The van der Waals surface area contributed by atoms with E-state index < -0.39 is 0 Å². The Hall–Kier alpha value is -2.42. The van der Waals surface area contributed by atoms with Crippen molar-refractivity contribution in [1.29, 1.82) is 0 Å². The topological polar surface area (TPSA) is 83.7 Å². The van der Waals surface area contributed by atoms with Gasteiger partial charge in [0.15, 0.2) is 28.8 Å². The number of aromatic amines is 2. The quantitative estimate of drug-likeness (QED) is 0.500. The standard InChI is InChI=1S/C15H9IN4O2/c16-22-15(21)8-5-6-9-12(7-8)19-20-13(9)14-17-10-3-1-2-4-11(10)18-14/h1-7H,(H,17,18)(H,19,20). The highest BCUT2D eigenvalue weighted by molar-refractivity contribution is 14.1. The van der Waals surface area contributed by atoms with Crippen LogP contribution in [0, 0.1) is 0 Å². The predicted octanol–water partition coefficient (Wildman–Crippen LogP) is 3.61. The highest BCUT2D eigenvalue weighted by Gasteiger charge is 2.14. The van der Waals surface area contributed by atoms with Crippen molar-refractivity contribution in [3.63, 3.8) is 0 Å². The molecule has 2 aromatic heterocycles. The zero-order chi connectivity index (χ0) is 15.1. The van der Waals surface area contributed by atoms with Crippen LogP contribution in [-0.4, -0.2) is 26.1 Å². The van der Waals surface area contributed by atoms with E-state index in [1.165, 1.54) is 0 Å². The van der Waals surface area contributed by atoms with Crippen molar-refractivity contribution in [1.82, 2.24) is 20.2 Å². The smallest absolute Gasteiger partial charge is 0.347 e. The fourth-order valence-electron chi connectivity index (χ4n) is 2.44. The van der Waals surface area contributed by atoms with Gasteiger partial charge >= 0.3 is 5.97 Å².